The Labute approximate surface area is 182 Å². The molecule has 2 N–H and O–H groups in total. The number of carbonyl (C=O) groups is 1. The molecule has 1 aliphatic heterocycles. The number of rotatable bonds is 8. The van der Waals surface area contributed by atoms with Crippen LogP contribution in [0.15, 0.2) is 52.4 Å². The van der Waals surface area contributed by atoms with E-state index >= 15 is 0 Å². The number of ether oxygens (including phenoxy) is 2. The zero-order chi connectivity index (χ0) is 22.6. The lowest BCUT2D eigenvalue weighted by Gasteiger charge is -2.20. The normalized spacial score (nSPS) is 17.4. The first-order valence-electron chi connectivity index (χ1n) is 10.1. The molecule has 0 saturated heterocycles. The number of amides is 1. The Morgan fingerprint density at radius 3 is 2.58 bits per heavy atom. The van der Waals surface area contributed by atoms with E-state index in [1.165, 1.54) is 13.2 Å². The van der Waals surface area contributed by atoms with Crippen molar-refractivity contribution in [3.05, 3.63) is 48.0 Å². The molecule has 2 unspecified atom stereocenters. The van der Waals surface area contributed by atoms with Gasteiger partial charge < -0.3 is 14.8 Å². The van der Waals surface area contributed by atoms with Crippen LogP contribution in [0.2, 0.25) is 0 Å². The Morgan fingerprint density at radius 2 is 1.90 bits per heavy atom. The summed E-state index contributed by atoms with van der Waals surface area (Å²) in [5, 5.41) is 2.86. The molecule has 0 radical (unpaired) electrons. The van der Waals surface area contributed by atoms with Crippen LogP contribution in [-0.4, -0.2) is 39.9 Å². The Balaban J connectivity index is 1.91. The van der Waals surface area contributed by atoms with Crippen molar-refractivity contribution in [3.8, 4) is 11.5 Å². The second kappa shape index (κ2) is 9.38. The fraction of sp³-hybridized carbons (Fsp3) is 0.364. The molecule has 0 saturated carbocycles. The van der Waals surface area contributed by atoms with Crippen LogP contribution in [0.4, 0.5) is 5.69 Å². The van der Waals surface area contributed by atoms with Gasteiger partial charge >= 0.3 is 0 Å². The lowest BCUT2D eigenvalue weighted by molar-refractivity contribution is -0.118. The molecule has 0 aromatic heterocycles. The summed E-state index contributed by atoms with van der Waals surface area (Å²) in [4.78, 5) is 17.8. The lowest BCUT2D eigenvalue weighted by Crippen LogP contribution is -2.34. The third-order valence-corrected chi connectivity index (χ3v) is 6.51. The summed E-state index contributed by atoms with van der Waals surface area (Å²) in [6, 6.07) is 10.9. The van der Waals surface area contributed by atoms with E-state index in [4.69, 9.17) is 9.47 Å². The van der Waals surface area contributed by atoms with E-state index in [1.807, 2.05) is 20.8 Å². The molecule has 31 heavy (non-hydrogen) atoms. The molecule has 3 rings (SSSR count). The number of methoxy groups -OCH3 is 1. The fourth-order valence-electron chi connectivity index (χ4n) is 3.27. The maximum Gasteiger partial charge on any atom is 0.263 e. The average molecular weight is 446 g/mol. The van der Waals surface area contributed by atoms with Gasteiger partial charge in [0.05, 0.1) is 18.6 Å². The predicted octanol–water partition coefficient (Wildman–Crippen LogP) is 3.19. The number of benzene rings is 2. The highest BCUT2D eigenvalue weighted by Crippen LogP contribution is 2.31. The molecule has 1 aliphatic rings. The first kappa shape index (κ1) is 22.6. The highest BCUT2D eigenvalue weighted by atomic mass is 32.2. The standard InChI is InChI=1S/C22H27N3O5S/c1-5-14(3)20(24-21-16-9-7-8-10-19(16)31(27,28)25-21)22(26)23-15-11-12-17(30-6-2)18(13-15)29-4/h7-14,20H,5-6H2,1-4H3,(H,23,26)(H,24,25). The topological polar surface area (TPSA) is 106 Å². The molecule has 2 aromatic rings. The van der Waals surface area contributed by atoms with Gasteiger partial charge in [-0.05, 0) is 37.1 Å². The summed E-state index contributed by atoms with van der Waals surface area (Å²) in [6.45, 7) is 6.23. The van der Waals surface area contributed by atoms with Crippen molar-refractivity contribution in [2.75, 3.05) is 19.0 Å². The van der Waals surface area contributed by atoms with Crippen LogP contribution in [0.1, 0.15) is 32.8 Å². The van der Waals surface area contributed by atoms with E-state index in [0.717, 1.165) is 0 Å². The number of aliphatic imine (C=N–C) groups is 1. The van der Waals surface area contributed by atoms with Crippen molar-refractivity contribution < 1.29 is 22.7 Å². The van der Waals surface area contributed by atoms with E-state index < -0.39 is 16.1 Å². The third kappa shape index (κ3) is 4.82. The van der Waals surface area contributed by atoms with Crippen LogP contribution in [0, 0.1) is 5.92 Å². The number of hydrogen-bond donors (Lipinski definition) is 2. The minimum atomic E-state index is -3.68. The van der Waals surface area contributed by atoms with Crippen LogP contribution >= 0.6 is 0 Å². The summed E-state index contributed by atoms with van der Waals surface area (Å²) in [6.07, 6.45) is 0.690. The maximum atomic E-state index is 13.1. The number of nitrogens with one attached hydrogen (secondary N) is 2. The number of amidine groups is 1. The largest absolute Gasteiger partial charge is 0.493 e. The van der Waals surface area contributed by atoms with Gasteiger partial charge in [0.25, 0.3) is 10.0 Å². The van der Waals surface area contributed by atoms with Gasteiger partial charge in [0.15, 0.2) is 11.5 Å². The quantitative estimate of drug-likeness (QED) is 0.649. The van der Waals surface area contributed by atoms with Crippen LogP contribution in [-0.2, 0) is 14.8 Å². The molecule has 1 heterocycles. The van der Waals surface area contributed by atoms with Gasteiger partial charge in [-0.15, -0.1) is 0 Å². The molecular formula is C22H27N3O5S. The van der Waals surface area contributed by atoms with E-state index in [-0.39, 0.29) is 22.6 Å². The minimum Gasteiger partial charge on any atom is -0.493 e. The van der Waals surface area contributed by atoms with Gasteiger partial charge in [0, 0.05) is 17.3 Å². The first-order chi connectivity index (χ1) is 14.8. The summed E-state index contributed by atoms with van der Waals surface area (Å²) >= 11 is 0. The minimum absolute atomic E-state index is 0.116. The van der Waals surface area contributed by atoms with Crippen molar-refractivity contribution in [1.82, 2.24) is 4.72 Å². The average Bonchev–Trinajstić information content (AvgIpc) is 3.02. The Hall–Kier alpha value is -3.07. The van der Waals surface area contributed by atoms with E-state index in [1.54, 1.807) is 36.4 Å². The Morgan fingerprint density at radius 1 is 1.16 bits per heavy atom. The number of carbonyl (C=O) groups excluding carboxylic acids is 1. The summed E-state index contributed by atoms with van der Waals surface area (Å²) in [7, 11) is -2.15. The molecule has 2 aromatic carbocycles. The van der Waals surface area contributed by atoms with Crippen LogP contribution in [0.3, 0.4) is 0 Å². The molecule has 166 valence electrons. The number of sulfonamides is 1. The molecule has 2 atom stereocenters. The predicted molar refractivity (Wildman–Crippen MR) is 119 cm³/mol. The van der Waals surface area contributed by atoms with Gasteiger partial charge in [0.2, 0.25) is 5.91 Å². The smallest absolute Gasteiger partial charge is 0.263 e. The second-order valence-electron chi connectivity index (χ2n) is 7.20. The van der Waals surface area contributed by atoms with E-state index in [9.17, 15) is 13.2 Å². The van der Waals surface area contributed by atoms with Crippen molar-refractivity contribution >= 4 is 27.5 Å². The highest BCUT2D eigenvalue weighted by Gasteiger charge is 2.33. The van der Waals surface area contributed by atoms with Gasteiger partial charge in [-0.2, -0.15) is 0 Å². The monoisotopic (exact) mass is 445 g/mol. The molecular weight excluding hydrogens is 418 g/mol. The Bertz CT molecular complexity index is 1100. The SMILES string of the molecule is CCOc1ccc(NC(=O)C(N=C2NS(=O)(=O)c3ccccc32)C(C)CC)cc1OC. The third-order valence-electron chi connectivity index (χ3n) is 5.11. The highest BCUT2D eigenvalue weighted by molar-refractivity contribution is 7.90. The van der Waals surface area contributed by atoms with Crippen molar-refractivity contribution in [2.45, 2.75) is 38.1 Å². The zero-order valence-corrected chi connectivity index (χ0v) is 18.8. The van der Waals surface area contributed by atoms with E-state index in [0.29, 0.717) is 35.8 Å². The van der Waals surface area contributed by atoms with Crippen LogP contribution < -0.4 is 19.5 Å². The maximum absolute atomic E-state index is 13.1. The molecule has 8 nitrogen and oxygen atoms in total. The summed E-state index contributed by atoms with van der Waals surface area (Å²) in [5.41, 5.74) is 0.998. The van der Waals surface area contributed by atoms with Crippen LogP contribution in [0.25, 0.3) is 0 Å². The molecule has 1 amide bonds. The number of fused-ring (bicyclic) bond motifs is 1. The molecule has 0 fully saturated rings. The first-order valence-corrected chi connectivity index (χ1v) is 11.6. The number of hydrogen-bond acceptors (Lipinski definition) is 6. The van der Waals surface area contributed by atoms with E-state index in [2.05, 4.69) is 15.0 Å². The van der Waals surface area contributed by atoms with Crippen molar-refractivity contribution in [2.24, 2.45) is 10.9 Å². The molecule has 0 aliphatic carbocycles. The van der Waals surface area contributed by atoms with Gasteiger partial charge in [-0.25, -0.2) is 8.42 Å². The van der Waals surface area contributed by atoms with Gasteiger partial charge in [-0.3, -0.25) is 14.5 Å². The van der Waals surface area contributed by atoms with Gasteiger partial charge in [-0.1, -0.05) is 32.4 Å². The van der Waals surface area contributed by atoms with Crippen LogP contribution in [0.5, 0.6) is 11.5 Å². The molecule has 0 bridgehead atoms. The zero-order valence-electron chi connectivity index (χ0n) is 18.0. The second-order valence-corrected chi connectivity index (χ2v) is 8.85. The summed E-state index contributed by atoms with van der Waals surface area (Å²) < 4.78 is 38.1. The molecule has 9 heteroatoms. The van der Waals surface area contributed by atoms with Gasteiger partial charge in [0.1, 0.15) is 11.9 Å². The lowest BCUT2D eigenvalue weighted by atomic mass is 9.98. The van der Waals surface area contributed by atoms with Crippen molar-refractivity contribution in [1.29, 1.82) is 0 Å². The number of anilines is 1. The number of nitrogens with zero attached hydrogens (tertiary/aromatic N) is 1. The Kier molecular flexibility index (Phi) is 6.84. The molecule has 0 spiro atoms. The van der Waals surface area contributed by atoms with Crippen molar-refractivity contribution in [3.63, 3.8) is 0 Å². The fourth-order valence-corrected chi connectivity index (χ4v) is 4.51. The summed E-state index contributed by atoms with van der Waals surface area (Å²) in [5.74, 6) is 0.813.